The quantitative estimate of drug-likeness (QED) is 0.808. The van der Waals surface area contributed by atoms with Crippen LogP contribution < -0.4 is 10.6 Å². The lowest BCUT2D eigenvalue weighted by Gasteiger charge is -2.14. The zero-order valence-electron chi connectivity index (χ0n) is 13.2. The average Bonchev–Trinajstić information content (AvgIpc) is 3.26. The largest absolute Gasteiger partial charge is 0.370 e. The number of hydrogen-bond acceptors (Lipinski definition) is 5. The van der Waals surface area contributed by atoms with Crippen LogP contribution in [-0.4, -0.2) is 48.1 Å². The summed E-state index contributed by atoms with van der Waals surface area (Å²) < 4.78 is 0. The van der Waals surface area contributed by atoms with Crippen molar-refractivity contribution in [2.24, 2.45) is 5.92 Å². The Morgan fingerprint density at radius 1 is 1.19 bits per heavy atom. The van der Waals surface area contributed by atoms with Crippen LogP contribution in [0.1, 0.15) is 44.3 Å². The fourth-order valence-electron chi connectivity index (χ4n) is 2.87. The predicted molar refractivity (Wildman–Crippen MR) is 86.9 cm³/mol. The van der Waals surface area contributed by atoms with E-state index >= 15 is 0 Å². The Hall–Kier alpha value is -1.36. The number of nitrogens with one attached hydrogen (secondary N) is 2. The second-order valence-electron chi connectivity index (χ2n) is 6.50. The minimum absolute atomic E-state index is 0.589. The first kappa shape index (κ1) is 14.6. The average molecular weight is 289 g/mol. The van der Waals surface area contributed by atoms with E-state index in [0.717, 1.165) is 42.9 Å². The first-order valence-corrected chi connectivity index (χ1v) is 8.30. The molecular formula is C16H27N5. The van der Waals surface area contributed by atoms with Crippen molar-refractivity contribution in [3.63, 3.8) is 0 Å². The van der Waals surface area contributed by atoms with Crippen molar-refractivity contribution < 1.29 is 0 Å². The summed E-state index contributed by atoms with van der Waals surface area (Å²) in [7, 11) is 2.20. The van der Waals surface area contributed by atoms with Gasteiger partial charge in [0.2, 0.25) is 0 Å². The Bertz CT molecular complexity index is 472. The highest BCUT2D eigenvalue weighted by Gasteiger charge is 2.27. The molecule has 1 aliphatic carbocycles. The zero-order valence-corrected chi connectivity index (χ0v) is 13.2. The summed E-state index contributed by atoms with van der Waals surface area (Å²) in [5.74, 6) is 4.30. The van der Waals surface area contributed by atoms with E-state index in [-0.39, 0.29) is 0 Å². The number of likely N-dealkylation sites (tertiary alicyclic amines) is 1. The van der Waals surface area contributed by atoms with Crippen molar-refractivity contribution in [3.05, 3.63) is 11.9 Å². The highest BCUT2D eigenvalue weighted by atomic mass is 15.1. The molecule has 0 spiro atoms. The Balaban J connectivity index is 1.63. The van der Waals surface area contributed by atoms with Gasteiger partial charge in [0, 0.05) is 31.6 Å². The molecule has 2 heterocycles. The third-order valence-corrected chi connectivity index (χ3v) is 4.30. The van der Waals surface area contributed by atoms with E-state index in [2.05, 4.69) is 40.6 Å². The van der Waals surface area contributed by atoms with E-state index in [1.165, 1.54) is 32.4 Å². The lowest BCUT2D eigenvalue weighted by molar-refractivity contribution is 0.399. The van der Waals surface area contributed by atoms with Crippen LogP contribution in [0, 0.1) is 5.92 Å². The van der Waals surface area contributed by atoms with Crippen LogP contribution in [0.5, 0.6) is 0 Å². The molecule has 0 aromatic carbocycles. The molecule has 0 radical (unpaired) electrons. The lowest BCUT2D eigenvalue weighted by atomic mass is 10.1. The van der Waals surface area contributed by atoms with Crippen molar-refractivity contribution in [1.29, 1.82) is 0 Å². The van der Waals surface area contributed by atoms with Crippen LogP contribution in [0.25, 0.3) is 0 Å². The third kappa shape index (κ3) is 4.06. The van der Waals surface area contributed by atoms with Gasteiger partial charge in [0.15, 0.2) is 0 Å². The van der Waals surface area contributed by atoms with Crippen LogP contribution >= 0.6 is 0 Å². The molecular weight excluding hydrogens is 262 g/mol. The highest BCUT2D eigenvalue weighted by Crippen LogP contribution is 2.38. The molecule has 0 bridgehead atoms. The van der Waals surface area contributed by atoms with Crippen molar-refractivity contribution in [3.8, 4) is 0 Å². The van der Waals surface area contributed by atoms with E-state index < -0.39 is 0 Å². The van der Waals surface area contributed by atoms with Gasteiger partial charge in [-0.1, -0.05) is 6.92 Å². The van der Waals surface area contributed by atoms with Gasteiger partial charge in [0.25, 0.3) is 0 Å². The zero-order chi connectivity index (χ0) is 14.7. The molecule has 1 unspecified atom stereocenters. The Kier molecular flexibility index (Phi) is 4.58. The molecule has 1 saturated heterocycles. The minimum Gasteiger partial charge on any atom is -0.370 e. The molecule has 2 fully saturated rings. The fraction of sp³-hybridized carbons (Fsp3) is 0.750. The minimum atomic E-state index is 0.589. The Morgan fingerprint density at radius 2 is 1.95 bits per heavy atom. The molecule has 5 heteroatoms. The highest BCUT2D eigenvalue weighted by molar-refractivity contribution is 5.48. The topological polar surface area (TPSA) is 53.1 Å². The van der Waals surface area contributed by atoms with Crippen molar-refractivity contribution in [1.82, 2.24) is 14.9 Å². The van der Waals surface area contributed by atoms with E-state index in [1.807, 2.05) is 0 Å². The number of hydrogen-bond donors (Lipinski definition) is 2. The van der Waals surface area contributed by atoms with E-state index in [1.54, 1.807) is 0 Å². The third-order valence-electron chi connectivity index (χ3n) is 4.30. The van der Waals surface area contributed by atoms with Crippen LogP contribution in [0.3, 0.4) is 0 Å². The van der Waals surface area contributed by atoms with Crippen molar-refractivity contribution in [2.45, 2.75) is 38.5 Å². The maximum atomic E-state index is 4.71. The van der Waals surface area contributed by atoms with Gasteiger partial charge in [-0.3, -0.25) is 0 Å². The molecule has 3 rings (SSSR count). The predicted octanol–water partition coefficient (Wildman–Crippen LogP) is 2.54. The number of aromatic nitrogens is 2. The normalized spacial score (nSPS) is 22.5. The van der Waals surface area contributed by atoms with Crippen LogP contribution in [0.4, 0.5) is 11.6 Å². The van der Waals surface area contributed by atoms with Crippen LogP contribution in [0.15, 0.2) is 6.07 Å². The number of rotatable bonds is 7. The van der Waals surface area contributed by atoms with E-state index in [4.69, 9.17) is 4.98 Å². The molecule has 1 aliphatic heterocycles. The van der Waals surface area contributed by atoms with Gasteiger partial charge >= 0.3 is 0 Å². The lowest BCUT2D eigenvalue weighted by Crippen LogP contribution is -2.20. The van der Waals surface area contributed by atoms with E-state index in [0.29, 0.717) is 5.92 Å². The summed E-state index contributed by atoms with van der Waals surface area (Å²) in [6, 6.07) is 2.06. The van der Waals surface area contributed by atoms with Crippen LogP contribution in [-0.2, 0) is 0 Å². The molecule has 2 aliphatic rings. The molecule has 0 amide bonds. The molecule has 5 nitrogen and oxygen atoms in total. The Labute approximate surface area is 127 Å². The van der Waals surface area contributed by atoms with Crippen molar-refractivity contribution in [2.75, 3.05) is 43.9 Å². The molecule has 1 aromatic heterocycles. The van der Waals surface area contributed by atoms with Gasteiger partial charge in [0.05, 0.1) is 0 Å². The molecule has 1 saturated carbocycles. The van der Waals surface area contributed by atoms with Crippen LogP contribution in [0.2, 0.25) is 0 Å². The molecule has 1 aromatic rings. The fourth-order valence-corrected chi connectivity index (χ4v) is 2.87. The Morgan fingerprint density at radius 3 is 2.57 bits per heavy atom. The number of nitrogens with zero attached hydrogens (tertiary/aromatic N) is 3. The van der Waals surface area contributed by atoms with Gasteiger partial charge in [-0.2, -0.15) is 0 Å². The SMILES string of the molecule is CCCNc1cc(NCC2CCN(C)C2)nc(C2CC2)n1. The molecule has 1 atom stereocenters. The summed E-state index contributed by atoms with van der Waals surface area (Å²) in [6.07, 6.45) is 4.87. The van der Waals surface area contributed by atoms with Crippen molar-refractivity contribution >= 4 is 11.6 Å². The number of anilines is 2. The van der Waals surface area contributed by atoms with E-state index in [9.17, 15) is 0 Å². The van der Waals surface area contributed by atoms with Gasteiger partial charge in [-0.05, 0) is 45.2 Å². The summed E-state index contributed by atoms with van der Waals surface area (Å²) in [5.41, 5.74) is 0. The van der Waals surface area contributed by atoms with Gasteiger partial charge in [0.1, 0.15) is 17.5 Å². The maximum absolute atomic E-state index is 4.71. The smallest absolute Gasteiger partial charge is 0.136 e. The first-order valence-electron chi connectivity index (χ1n) is 8.30. The van der Waals surface area contributed by atoms with Gasteiger partial charge in [-0.25, -0.2) is 9.97 Å². The molecule has 2 N–H and O–H groups in total. The second kappa shape index (κ2) is 6.60. The summed E-state index contributed by atoms with van der Waals surface area (Å²) in [5, 5.41) is 6.92. The molecule has 116 valence electrons. The molecule has 21 heavy (non-hydrogen) atoms. The summed E-state index contributed by atoms with van der Waals surface area (Å²) in [4.78, 5) is 11.8. The second-order valence-corrected chi connectivity index (χ2v) is 6.50. The van der Waals surface area contributed by atoms with Gasteiger partial charge < -0.3 is 15.5 Å². The standard InChI is InChI=1S/C16H27N5/c1-3-7-17-14-9-15(20-16(19-14)13-4-5-13)18-10-12-6-8-21(2)11-12/h9,12-13H,3-8,10-11H2,1-2H3,(H2,17,18,19,20). The maximum Gasteiger partial charge on any atom is 0.136 e. The first-order chi connectivity index (χ1) is 10.2. The summed E-state index contributed by atoms with van der Waals surface area (Å²) >= 11 is 0. The summed E-state index contributed by atoms with van der Waals surface area (Å²) in [6.45, 7) is 6.56. The van der Waals surface area contributed by atoms with Gasteiger partial charge in [-0.15, -0.1) is 0 Å². The monoisotopic (exact) mass is 289 g/mol.